The van der Waals surface area contributed by atoms with Crippen molar-refractivity contribution in [2.75, 3.05) is 7.05 Å². The molecule has 0 saturated carbocycles. The average molecular weight is 600 g/mol. The Kier molecular flexibility index (Phi) is 9.81. The van der Waals surface area contributed by atoms with Crippen LogP contribution >= 0.6 is 11.6 Å². The number of unbranched alkanes of at least 4 members (excludes halogenated alkanes) is 1. The number of nitrogens with one attached hydrogen (secondary N) is 2. The highest BCUT2D eigenvalue weighted by molar-refractivity contribution is 6.30. The van der Waals surface area contributed by atoms with Gasteiger partial charge in [0.2, 0.25) is 5.82 Å². The second-order valence-corrected chi connectivity index (χ2v) is 10.6. The maximum Gasteiger partial charge on any atom is 0.323 e. The smallest absolute Gasteiger partial charge is 0.323 e. The topological polar surface area (TPSA) is 131 Å². The molecule has 0 aliphatic carbocycles. The molecule has 0 bridgehead atoms. The van der Waals surface area contributed by atoms with E-state index in [2.05, 4.69) is 66.7 Å². The monoisotopic (exact) mass is 599 g/mol. The first kappa shape index (κ1) is 29.9. The number of carbonyl (C=O) groups is 1. The van der Waals surface area contributed by atoms with Crippen LogP contribution in [0.5, 0.6) is 5.75 Å². The van der Waals surface area contributed by atoms with E-state index in [1.54, 1.807) is 31.3 Å². The number of hydrogen-bond acceptors (Lipinski definition) is 8. The molecule has 43 heavy (non-hydrogen) atoms. The molecule has 0 saturated heterocycles. The molecule has 10 nitrogen and oxygen atoms in total. The Morgan fingerprint density at radius 1 is 1.05 bits per heavy atom. The Labute approximate surface area is 255 Å². The van der Waals surface area contributed by atoms with Crippen molar-refractivity contribution in [3.05, 3.63) is 101 Å². The van der Waals surface area contributed by atoms with E-state index in [1.165, 1.54) is 0 Å². The molecule has 222 valence electrons. The van der Waals surface area contributed by atoms with E-state index in [4.69, 9.17) is 16.3 Å². The van der Waals surface area contributed by atoms with Gasteiger partial charge in [0.05, 0.1) is 5.69 Å². The molecular formula is C32H34ClN7O3. The molecule has 2 aromatic heterocycles. The summed E-state index contributed by atoms with van der Waals surface area (Å²) in [6.45, 7) is 2.66. The summed E-state index contributed by atoms with van der Waals surface area (Å²) >= 11 is 6.63. The largest absolute Gasteiger partial charge is 0.508 e. The van der Waals surface area contributed by atoms with Crippen LogP contribution < -0.4 is 5.32 Å². The van der Waals surface area contributed by atoms with Crippen LogP contribution in [0, 0.1) is 0 Å². The number of H-pyrrole nitrogens is 1. The third-order valence-electron chi connectivity index (χ3n) is 7.34. The fourth-order valence-corrected chi connectivity index (χ4v) is 5.20. The molecule has 0 fully saturated rings. The van der Waals surface area contributed by atoms with Crippen molar-refractivity contribution in [3.8, 4) is 28.3 Å². The van der Waals surface area contributed by atoms with Gasteiger partial charge in [0.1, 0.15) is 24.2 Å². The fourth-order valence-electron chi connectivity index (χ4n) is 4.94. The highest BCUT2D eigenvalue weighted by atomic mass is 35.5. The molecule has 0 aliphatic rings. The predicted molar refractivity (Wildman–Crippen MR) is 164 cm³/mol. The Hall–Kier alpha value is -4.54. The number of esters is 1. The second-order valence-electron chi connectivity index (χ2n) is 10.3. The number of benzene rings is 3. The van der Waals surface area contributed by atoms with Gasteiger partial charge in [-0.25, -0.2) is 4.98 Å². The minimum atomic E-state index is -0.554. The zero-order chi connectivity index (χ0) is 30.2. The van der Waals surface area contributed by atoms with Crippen LogP contribution in [0.15, 0.2) is 72.8 Å². The Balaban J connectivity index is 1.34. The first-order valence-electron chi connectivity index (χ1n) is 14.2. The molecule has 0 radical (unpaired) electrons. The Bertz CT molecular complexity index is 1640. The summed E-state index contributed by atoms with van der Waals surface area (Å²) in [4.78, 5) is 17.7. The maximum absolute atomic E-state index is 13.0. The van der Waals surface area contributed by atoms with Crippen LogP contribution in [-0.4, -0.2) is 54.3 Å². The van der Waals surface area contributed by atoms with E-state index in [0.717, 1.165) is 52.9 Å². The lowest BCUT2D eigenvalue weighted by Gasteiger charge is -2.17. The van der Waals surface area contributed by atoms with Crippen molar-refractivity contribution in [1.29, 1.82) is 0 Å². The molecule has 3 aromatic carbocycles. The first-order chi connectivity index (χ1) is 21.0. The summed E-state index contributed by atoms with van der Waals surface area (Å²) in [7, 11) is 1.72. The van der Waals surface area contributed by atoms with Gasteiger partial charge in [-0.1, -0.05) is 85.6 Å². The van der Waals surface area contributed by atoms with E-state index >= 15 is 0 Å². The van der Waals surface area contributed by atoms with Gasteiger partial charge in [0.25, 0.3) is 0 Å². The number of imidazole rings is 1. The minimum Gasteiger partial charge on any atom is -0.508 e. The predicted octanol–water partition coefficient (Wildman–Crippen LogP) is 5.35. The lowest BCUT2D eigenvalue weighted by Crippen LogP contribution is -2.37. The number of likely N-dealkylation sites (N-methyl/N-ethyl adjacent to an activating group) is 1. The van der Waals surface area contributed by atoms with Crippen molar-refractivity contribution in [1.82, 2.24) is 35.5 Å². The molecule has 0 spiro atoms. The third kappa shape index (κ3) is 7.28. The maximum atomic E-state index is 13.0. The van der Waals surface area contributed by atoms with Gasteiger partial charge in [0.15, 0.2) is 5.15 Å². The Morgan fingerprint density at radius 2 is 1.77 bits per heavy atom. The molecule has 5 rings (SSSR count). The zero-order valence-electron chi connectivity index (χ0n) is 24.1. The lowest BCUT2D eigenvalue weighted by atomic mass is 9.98. The second kappa shape index (κ2) is 14.1. The van der Waals surface area contributed by atoms with E-state index < -0.39 is 6.04 Å². The van der Waals surface area contributed by atoms with E-state index in [9.17, 15) is 9.90 Å². The number of carbonyl (C=O) groups excluding carboxylic acids is 1. The minimum absolute atomic E-state index is 0.000703. The molecule has 5 aromatic rings. The van der Waals surface area contributed by atoms with Crippen LogP contribution in [0.2, 0.25) is 5.15 Å². The van der Waals surface area contributed by atoms with Crippen molar-refractivity contribution < 1.29 is 14.6 Å². The average Bonchev–Trinajstić information content (AvgIpc) is 3.67. The molecular weight excluding hydrogens is 566 g/mol. The number of aromatic amines is 1. The number of halogens is 1. The van der Waals surface area contributed by atoms with Gasteiger partial charge in [0, 0.05) is 18.5 Å². The molecule has 11 heteroatoms. The zero-order valence-corrected chi connectivity index (χ0v) is 24.9. The van der Waals surface area contributed by atoms with Crippen LogP contribution in [-0.2, 0) is 35.5 Å². The first-order valence-corrected chi connectivity index (χ1v) is 14.6. The van der Waals surface area contributed by atoms with Crippen LogP contribution in [0.3, 0.4) is 0 Å². The molecule has 0 unspecified atom stereocenters. The Morgan fingerprint density at radius 3 is 2.44 bits per heavy atom. The van der Waals surface area contributed by atoms with Gasteiger partial charge in [-0.15, -0.1) is 10.2 Å². The van der Waals surface area contributed by atoms with Gasteiger partial charge < -0.3 is 19.7 Å². The number of ether oxygens (including phenoxy) is 1. The van der Waals surface area contributed by atoms with Gasteiger partial charge >= 0.3 is 5.97 Å². The van der Waals surface area contributed by atoms with Gasteiger partial charge in [-0.2, -0.15) is 5.21 Å². The summed E-state index contributed by atoms with van der Waals surface area (Å²) in [5.41, 5.74) is 5.54. The number of phenolic OH excluding ortho intramolecular Hbond substituents is 1. The molecule has 1 atom stereocenters. The highest BCUT2D eigenvalue weighted by Gasteiger charge is 2.22. The highest BCUT2D eigenvalue weighted by Crippen LogP contribution is 2.30. The molecule has 2 heterocycles. The van der Waals surface area contributed by atoms with Gasteiger partial charge in [-0.05, 0) is 59.5 Å². The summed E-state index contributed by atoms with van der Waals surface area (Å²) in [6, 6.07) is 22.4. The number of nitrogens with zero attached hydrogens (tertiary/aromatic N) is 5. The number of aryl methyl sites for hydroxylation is 1. The lowest BCUT2D eigenvalue weighted by molar-refractivity contribution is -0.147. The normalized spacial score (nSPS) is 11.9. The van der Waals surface area contributed by atoms with Crippen LogP contribution in [0.25, 0.3) is 22.5 Å². The third-order valence-corrected chi connectivity index (χ3v) is 7.64. The summed E-state index contributed by atoms with van der Waals surface area (Å²) < 4.78 is 7.82. The fraction of sp³-hybridized carbons (Fsp3) is 0.281. The van der Waals surface area contributed by atoms with Crippen LogP contribution in [0.1, 0.15) is 42.4 Å². The number of aromatic hydroxyl groups is 1. The summed E-state index contributed by atoms with van der Waals surface area (Å²) in [5, 5.41) is 27.4. The summed E-state index contributed by atoms with van der Waals surface area (Å²) in [5.74, 6) is 1.19. The van der Waals surface area contributed by atoms with Crippen molar-refractivity contribution >= 4 is 17.6 Å². The van der Waals surface area contributed by atoms with Crippen LogP contribution in [0.4, 0.5) is 0 Å². The van der Waals surface area contributed by atoms with E-state index in [0.29, 0.717) is 29.6 Å². The van der Waals surface area contributed by atoms with Crippen molar-refractivity contribution in [2.45, 2.75) is 51.8 Å². The van der Waals surface area contributed by atoms with E-state index in [-0.39, 0.29) is 18.3 Å². The molecule has 0 aliphatic heterocycles. The van der Waals surface area contributed by atoms with E-state index in [1.807, 2.05) is 24.3 Å². The number of tetrazole rings is 1. The standard InChI is InChI=1S/C32H34ClN7O3/c1-3-4-9-29-35-30(33)28(20-43-32(42)27(34-2)18-21-12-16-24(41)17-13-21)40(29)19-22-10-14-23(15-11-22)25-7-5-6-8-26(25)31-36-38-39-37-31/h5-8,10-17,27,34,41H,3-4,9,18-20H2,1-2H3,(H,36,37,38,39)/t27-/m1/s1. The SMILES string of the molecule is CCCCc1nc(Cl)c(COC(=O)[C@@H](Cc2ccc(O)cc2)NC)n1Cc1ccc(-c2ccccc2-c2nn[nH]n2)cc1. The number of phenols is 1. The summed E-state index contributed by atoms with van der Waals surface area (Å²) in [6.07, 6.45) is 3.17. The van der Waals surface area contributed by atoms with Gasteiger partial charge in [-0.3, -0.25) is 4.79 Å². The number of rotatable bonds is 13. The number of aromatic nitrogens is 6. The van der Waals surface area contributed by atoms with Crippen molar-refractivity contribution in [2.24, 2.45) is 0 Å². The quantitative estimate of drug-likeness (QED) is 0.154. The number of hydrogen-bond donors (Lipinski definition) is 3. The van der Waals surface area contributed by atoms with Crippen molar-refractivity contribution in [3.63, 3.8) is 0 Å². The molecule has 3 N–H and O–H groups in total. The molecule has 0 amide bonds.